The highest BCUT2D eigenvalue weighted by Gasteiger charge is 2.68. The smallest absolute Gasteiger partial charge is 0.167 e. The lowest BCUT2D eigenvalue weighted by molar-refractivity contribution is -0.129. The summed E-state index contributed by atoms with van der Waals surface area (Å²) in [6, 6.07) is 7.91. The summed E-state index contributed by atoms with van der Waals surface area (Å²) in [5, 5.41) is 18.6. The third kappa shape index (κ3) is 1.21. The number of rotatable bonds is 3. The quantitative estimate of drug-likeness (QED) is 0.813. The highest BCUT2D eigenvalue weighted by atomic mass is 16.3. The number of carbonyl (C=O) groups excluding carboxylic acids is 1. The number of aliphatic hydroxyl groups is 2. The van der Waals surface area contributed by atoms with Crippen molar-refractivity contribution in [1.29, 1.82) is 0 Å². The van der Waals surface area contributed by atoms with Crippen molar-refractivity contribution in [3.05, 3.63) is 41.5 Å². The number of ketones is 1. The van der Waals surface area contributed by atoms with Crippen LogP contribution in [0.3, 0.4) is 0 Å². The average Bonchev–Trinajstić information content (AvgIpc) is 3.07. The fourth-order valence-corrected chi connectivity index (χ4v) is 3.17. The lowest BCUT2D eigenvalue weighted by Crippen LogP contribution is -2.26. The third-order valence-electron chi connectivity index (χ3n) is 4.14. The Labute approximate surface area is 99.4 Å². The van der Waals surface area contributed by atoms with Crippen molar-refractivity contribution in [2.24, 2.45) is 11.3 Å². The van der Waals surface area contributed by atoms with E-state index in [2.05, 4.69) is 0 Å². The van der Waals surface area contributed by atoms with Gasteiger partial charge in [0.05, 0.1) is 12.0 Å². The zero-order chi connectivity index (χ0) is 12.0. The molecule has 17 heavy (non-hydrogen) atoms. The summed E-state index contributed by atoms with van der Waals surface area (Å²) in [6.45, 7) is -0.691. The van der Waals surface area contributed by atoms with Crippen LogP contribution in [0.1, 0.15) is 17.0 Å². The maximum atomic E-state index is 11.9. The Morgan fingerprint density at radius 3 is 2.76 bits per heavy atom. The second kappa shape index (κ2) is 3.52. The molecule has 2 N–H and O–H groups in total. The van der Waals surface area contributed by atoms with E-state index in [1.54, 1.807) is 0 Å². The second-order valence-electron chi connectivity index (χ2n) is 4.77. The molecule has 2 aliphatic carbocycles. The average molecular weight is 230 g/mol. The van der Waals surface area contributed by atoms with Crippen LogP contribution in [0.25, 0.3) is 6.08 Å². The molecule has 0 heterocycles. The van der Waals surface area contributed by atoms with Gasteiger partial charge in [-0.25, -0.2) is 0 Å². The Bertz CT molecular complexity index is 506. The summed E-state index contributed by atoms with van der Waals surface area (Å²) < 4.78 is 0. The third-order valence-corrected chi connectivity index (χ3v) is 4.14. The van der Waals surface area contributed by atoms with Crippen LogP contribution in [0.4, 0.5) is 0 Å². The van der Waals surface area contributed by atoms with Crippen molar-refractivity contribution in [1.82, 2.24) is 0 Å². The molecule has 3 rings (SSSR count). The molecule has 1 aromatic carbocycles. The van der Waals surface area contributed by atoms with E-state index < -0.39 is 12.0 Å². The Morgan fingerprint density at radius 1 is 1.29 bits per heavy atom. The van der Waals surface area contributed by atoms with Gasteiger partial charge in [-0.2, -0.15) is 0 Å². The first kappa shape index (κ1) is 10.7. The minimum atomic E-state index is -0.780. The van der Waals surface area contributed by atoms with Crippen LogP contribution < -0.4 is 0 Å². The molecule has 88 valence electrons. The van der Waals surface area contributed by atoms with Crippen LogP contribution in [0, 0.1) is 11.3 Å². The summed E-state index contributed by atoms with van der Waals surface area (Å²) >= 11 is 0. The lowest BCUT2D eigenvalue weighted by Gasteiger charge is -2.12. The Balaban J connectivity index is 2.07. The van der Waals surface area contributed by atoms with Gasteiger partial charge in [-0.05, 0) is 11.1 Å². The fraction of sp³-hybridized carbons (Fsp3) is 0.357. The van der Waals surface area contributed by atoms with Crippen LogP contribution in [0.15, 0.2) is 30.3 Å². The van der Waals surface area contributed by atoms with E-state index in [4.69, 9.17) is 5.11 Å². The molecular formula is C14H14O3. The predicted octanol–water partition coefficient (Wildman–Crippen LogP) is 0.967. The van der Waals surface area contributed by atoms with Gasteiger partial charge >= 0.3 is 0 Å². The molecular weight excluding hydrogens is 216 g/mol. The minimum absolute atomic E-state index is 0.0355. The van der Waals surface area contributed by atoms with E-state index in [0.29, 0.717) is 0 Å². The van der Waals surface area contributed by atoms with Crippen molar-refractivity contribution in [2.75, 3.05) is 13.2 Å². The standard InChI is InChI=1S/C14H14O3/c15-7-12(17)14(8-16)11-6-5-9-3-1-2-4-10(9)13(11)14/h1-6,11,13,15-16H,7-8H2/t11-,13+,14-/m0/s1. The van der Waals surface area contributed by atoms with Crippen LogP contribution >= 0.6 is 0 Å². The van der Waals surface area contributed by atoms with Crippen LogP contribution in [-0.4, -0.2) is 29.2 Å². The van der Waals surface area contributed by atoms with Crippen molar-refractivity contribution in [3.8, 4) is 0 Å². The lowest BCUT2D eigenvalue weighted by atomic mass is 9.93. The van der Waals surface area contributed by atoms with E-state index in [9.17, 15) is 9.90 Å². The number of benzene rings is 1. The normalized spacial score (nSPS) is 32.8. The predicted molar refractivity (Wildman–Crippen MR) is 63.3 cm³/mol. The zero-order valence-corrected chi connectivity index (χ0v) is 9.34. The zero-order valence-electron chi connectivity index (χ0n) is 9.34. The molecule has 0 bridgehead atoms. The van der Waals surface area contributed by atoms with Gasteiger partial charge in [-0.15, -0.1) is 0 Å². The van der Waals surface area contributed by atoms with E-state index in [1.807, 2.05) is 36.4 Å². The van der Waals surface area contributed by atoms with E-state index in [0.717, 1.165) is 11.1 Å². The summed E-state index contributed by atoms with van der Waals surface area (Å²) in [5.41, 5.74) is 1.43. The largest absolute Gasteiger partial charge is 0.395 e. The van der Waals surface area contributed by atoms with Crippen molar-refractivity contribution in [2.45, 2.75) is 5.92 Å². The molecule has 1 saturated carbocycles. The molecule has 0 amide bonds. The highest BCUT2D eigenvalue weighted by molar-refractivity contribution is 5.93. The summed E-state index contributed by atoms with van der Waals surface area (Å²) in [6.07, 6.45) is 3.98. The molecule has 0 aromatic heterocycles. The maximum absolute atomic E-state index is 11.9. The Hall–Kier alpha value is -1.45. The number of hydrogen-bond acceptors (Lipinski definition) is 3. The number of carbonyl (C=O) groups is 1. The number of aliphatic hydroxyl groups excluding tert-OH is 2. The number of hydrogen-bond donors (Lipinski definition) is 2. The molecule has 0 saturated heterocycles. The molecule has 1 fully saturated rings. The molecule has 3 heteroatoms. The van der Waals surface area contributed by atoms with E-state index >= 15 is 0 Å². The van der Waals surface area contributed by atoms with Gasteiger partial charge in [-0.3, -0.25) is 4.79 Å². The SMILES string of the molecule is O=C(CO)[C@@]1(CO)[C@@H]2c3ccccc3C=C[C@@H]21. The van der Waals surface area contributed by atoms with Crippen LogP contribution in [-0.2, 0) is 4.79 Å². The summed E-state index contributed by atoms with van der Waals surface area (Å²) in [4.78, 5) is 11.9. The van der Waals surface area contributed by atoms with Crippen molar-refractivity contribution < 1.29 is 15.0 Å². The van der Waals surface area contributed by atoms with Gasteiger partial charge in [0.1, 0.15) is 6.61 Å². The number of Topliss-reactive ketones (excluding diaryl/α,β-unsaturated/α-hetero) is 1. The van der Waals surface area contributed by atoms with Gasteiger partial charge in [0.15, 0.2) is 5.78 Å². The molecule has 3 nitrogen and oxygen atoms in total. The molecule has 0 spiro atoms. The Kier molecular flexibility index (Phi) is 2.21. The molecule has 3 atom stereocenters. The van der Waals surface area contributed by atoms with E-state index in [-0.39, 0.29) is 24.2 Å². The fourth-order valence-electron chi connectivity index (χ4n) is 3.17. The minimum Gasteiger partial charge on any atom is -0.395 e. The molecule has 0 unspecified atom stereocenters. The van der Waals surface area contributed by atoms with Crippen molar-refractivity contribution >= 4 is 11.9 Å². The number of fused-ring (bicyclic) bond motifs is 3. The van der Waals surface area contributed by atoms with Crippen LogP contribution in [0.2, 0.25) is 0 Å². The molecule has 0 aliphatic heterocycles. The Morgan fingerprint density at radius 2 is 2.06 bits per heavy atom. The highest BCUT2D eigenvalue weighted by Crippen LogP contribution is 2.67. The second-order valence-corrected chi connectivity index (χ2v) is 4.77. The maximum Gasteiger partial charge on any atom is 0.167 e. The van der Waals surface area contributed by atoms with Crippen LogP contribution in [0.5, 0.6) is 0 Å². The van der Waals surface area contributed by atoms with Gasteiger partial charge in [-0.1, -0.05) is 36.4 Å². The van der Waals surface area contributed by atoms with Gasteiger partial charge < -0.3 is 10.2 Å². The summed E-state index contributed by atoms with van der Waals surface area (Å²) in [5.74, 6) is -0.174. The molecule has 2 aliphatic rings. The first-order valence-electron chi connectivity index (χ1n) is 5.78. The number of allylic oxidation sites excluding steroid dienone is 1. The van der Waals surface area contributed by atoms with Gasteiger partial charge in [0.25, 0.3) is 0 Å². The first-order valence-corrected chi connectivity index (χ1v) is 5.78. The topological polar surface area (TPSA) is 57.5 Å². The monoisotopic (exact) mass is 230 g/mol. The van der Waals surface area contributed by atoms with E-state index in [1.165, 1.54) is 0 Å². The van der Waals surface area contributed by atoms with Gasteiger partial charge in [0, 0.05) is 11.8 Å². The molecule has 1 aromatic rings. The van der Waals surface area contributed by atoms with Gasteiger partial charge in [0.2, 0.25) is 0 Å². The summed E-state index contributed by atoms with van der Waals surface area (Å²) in [7, 11) is 0. The first-order chi connectivity index (χ1) is 8.25. The van der Waals surface area contributed by atoms with Crippen molar-refractivity contribution in [3.63, 3.8) is 0 Å². The molecule has 0 radical (unpaired) electrons.